The first-order chi connectivity index (χ1) is 12.5. The van der Waals surface area contributed by atoms with E-state index in [4.69, 9.17) is 0 Å². The Labute approximate surface area is 149 Å². The number of benzene rings is 2. The molecule has 0 atom stereocenters. The summed E-state index contributed by atoms with van der Waals surface area (Å²) in [4.78, 5) is 15.8. The molecule has 132 valence electrons. The number of nitrogens with one attached hydrogen (secondary N) is 1. The van der Waals surface area contributed by atoms with Gasteiger partial charge in [-0.15, -0.1) is 0 Å². The van der Waals surface area contributed by atoms with Crippen molar-refractivity contribution < 1.29 is 18.4 Å². The Morgan fingerprint density at radius 3 is 2.23 bits per heavy atom. The lowest BCUT2D eigenvalue weighted by Gasteiger charge is -2.08. The van der Waals surface area contributed by atoms with Crippen LogP contribution in [-0.4, -0.2) is 24.4 Å². The van der Waals surface area contributed by atoms with Crippen molar-refractivity contribution >= 4 is 21.6 Å². The minimum absolute atomic E-state index is 0.0219. The minimum atomic E-state index is -3.97. The number of sulfone groups is 1. The molecule has 2 N–H and O–H groups in total. The molecule has 0 fully saturated rings. The molecule has 3 rings (SSSR count). The van der Waals surface area contributed by atoms with Crippen LogP contribution in [0, 0.1) is 0 Å². The van der Waals surface area contributed by atoms with Crippen LogP contribution in [0.1, 0.15) is 0 Å². The van der Waals surface area contributed by atoms with Gasteiger partial charge in [-0.2, -0.15) is 9.72 Å². The number of rotatable bonds is 3. The van der Waals surface area contributed by atoms with E-state index in [1.54, 1.807) is 42.5 Å². The fourth-order valence-corrected chi connectivity index (χ4v) is 3.58. The lowest BCUT2D eigenvalue weighted by Crippen LogP contribution is -2.18. The second-order valence-electron chi connectivity index (χ2n) is 5.29. The van der Waals surface area contributed by atoms with Gasteiger partial charge < -0.3 is 10.5 Å². The van der Waals surface area contributed by atoms with Crippen LogP contribution in [0.5, 0.6) is 0 Å². The van der Waals surface area contributed by atoms with Crippen molar-refractivity contribution in [1.29, 1.82) is 0 Å². The van der Waals surface area contributed by atoms with E-state index in [-0.39, 0.29) is 10.3 Å². The van der Waals surface area contributed by atoms with Crippen LogP contribution < -0.4 is 10.7 Å². The van der Waals surface area contributed by atoms with Gasteiger partial charge in [0.1, 0.15) is 0 Å². The first kappa shape index (κ1) is 17.4. The highest BCUT2D eigenvalue weighted by Crippen LogP contribution is 2.18. The van der Waals surface area contributed by atoms with E-state index < -0.39 is 20.9 Å². The quantitative estimate of drug-likeness (QED) is 0.693. The number of aromatic nitrogens is 1. The summed E-state index contributed by atoms with van der Waals surface area (Å²) in [6, 6.07) is 18.2. The average molecular weight is 369 g/mol. The van der Waals surface area contributed by atoms with Gasteiger partial charge >= 0.3 is 6.03 Å². The topological polar surface area (TPSA) is 101 Å². The Hall–Kier alpha value is -3.39. The number of para-hydroxylation sites is 1. The standard InChI is InChI=1S/C18H15N3O4S/c22-18(19-14-7-3-1-4-8-14)20-15-11-12-21(23)17(13-15)26(24,25)16-9-5-2-6-10-16/h1-13,23H,(H,19,22)/b20-15+. The monoisotopic (exact) mass is 369 g/mol. The summed E-state index contributed by atoms with van der Waals surface area (Å²) in [5.41, 5.74) is 0.562. The summed E-state index contributed by atoms with van der Waals surface area (Å²) in [5, 5.41) is 12.2. The normalized spacial score (nSPS) is 11.9. The van der Waals surface area contributed by atoms with Crippen molar-refractivity contribution in [2.24, 2.45) is 4.99 Å². The maximum absolute atomic E-state index is 12.7. The number of amides is 2. The van der Waals surface area contributed by atoms with Crippen LogP contribution in [-0.2, 0) is 9.84 Å². The van der Waals surface area contributed by atoms with Gasteiger partial charge in [0.05, 0.1) is 10.3 Å². The second-order valence-corrected chi connectivity index (χ2v) is 7.19. The summed E-state index contributed by atoms with van der Waals surface area (Å²) >= 11 is 0. The summed E-state index contributed by atoms with van der Waals surface area (Å²) in [5.74, 6) is 0. The van der Waals surface area contributed by atoms with Crippen LogP contribution in [0.2, 0.25) is 0 Å². The molecule has 0 aliphatic rings. The second kappa shape index (κ2) is 7.24. The maximum Gasteiger partial charge on any atom is 0.345 e. The summed E-state index contributed by atoms with van der Waals surface area (Å²) in [6.45, 7) is 0. The zero-order valence-electron chi connectivity index (χ0n) is 13.5. The Kier molecular flexibility index (Phi) is 4.85. The molecule has 1 heterocycles. The molecule has 8 heteroatoms. The third-order valence-electron chi connectivity index (χ3n) is 3.47. The van der Waals surface area contributed by atoms with Gasteiger partial charge in [0.25, 0.3) is 0 Å². The number of pyridine rings is 1. The number of carbonyl (C=O) groups excluding carboxylic acids is 1. The van der Waals surface area contributed by atoms with Gasteiger partial charge in [0, 0.05) is 18.0 Å². The van der Waals surface area contributed by atoms with E-state index in [1.807, 2.05) is 6.07 Å². The van der Waals surface area contributed by atoms with Gasteiger partial charge in [0.15, 0.2) is 5.03 Å². The molecular formula is C18H15N3O4S. The van der Waals surface area contributed by atoms with Crippen molar-refractivity contribution in [3.05, 3.63) is 84.4 Å². The zero-order chi connectivity index (χ0) is 18.6. The van der Waals surface area contributed by atoms with E-state index in [1.165, 1.54) is 18.2 Å². The smallest absolute Gasteiger partial charge is 0.345 e. The average Bonchev–Trinajstić information content (AvgIpc) is 2.64. The summed E-state index contributed by atoms with van der Waals surface area (Å²) in [6.07, 6.45) is 1.12. The Bertz CT molecular complexity index is 1090. The van der Waals surface area contributed by atoms with E-state index >= 15 is 0 Å². The van der Waals surface area contributed by atoms with E-state index in [0.717, 1.165) is 12.3 Å². The number of nitrogens with zero attached hydrogens (tertiary/aromatic N) is 2. The lowest BCUT2D eigenvalue weighted by molar-refractivity contribution is 0.157. The molecule has 0 radical (unpaired) electrons. The van der Waals surface area contributed by atoms with Crippen molar-refractivity contribution in [2.45, 2.75) is 9.92 Å². The summed E-state index contributed by atoms with van der Waals surface area (Å²) in [7, 11) is -3.97. The first-order valence-electron chi connectivity index (χ1n) is 7.60. The van der Waals surface area contributed by atoms with Crippen LogP contribution in [0.15, 0.2) is 93.9 Å². The van der Waals surface area contributed by atoms with Gasteiger partial charge in [-0.3, -0.25) is 0 Å². The molecule has 26 heavy (non-hydrogen) atoms. The third kappa shape index (κ3) is 3.81. The molecule has 0 aliphatic heterocycles. The van der Waals surface area contributed by atoms with Gasteiger partial charge in [0.2, 0.25) is 9.84 Å². The summed E-state index contributed by atoms with van der Waals surface area (Å²) < 4.78 is 25.8. The Balaban J connectivity index is 1.97. The Morgan fingerprint density at radius 1 is 0.962 bits per heavy atom. The van der Waals surface area contributed by atoms with Crippen LogP contribution in [0.25, 0.3) is 0 Å². The molecule has 2 amide bonds. The third-order valence-corrected chi connectivity index (χ3v) is 5.22. The molecule has 0 saturated carbocycles. The predicted octanol–water partition coefficient (Wildman–Crippen LogP) is 2.69. The molecule has 7 nitrogen and oxygen atoms in total. The molecule has 0 saturated heterocycles. The zero-order valence-corrected chi connectivity index (χ0v) is 14.3. The van der Waals surface area contributed by atoms with Gasteiger partial charge in [-0.25, -0.2) is 13.2 Å². The first-order valence-corrected chi connectivity index (χ1v) is 9.08. The van der Waals surface area contributed by atoms with Crippen LogP contribution >= 0.6 is 0 Å². The van der Waals surface area contributed by atoms with Crippen molar-refractivity contribution in [3.8, 4) is 0 Å². The number of anilines is 1. The molecule has 0 unspecified atom stereocenters. The van der Waals surface area contributed by atoms with E-state index in [0.29, 0.717) is 10.4 Å². The fraction of sp³-hybridized carbons (Fsp3) is 0. The largest absolute Gasteiger partial charge is 0.428 e. The van der Waals surface area contributed by atoms with Crippen molar-refractivity contribution in [1.82, 2.24) is 4.73 Å². The molecule has 0 spiro atoms. The maximum atomic E-state index is 12.7. The molecule has 0 bridgehead atoms. The van der Waals surface area contributed by atoms with E-state index in [2.05, 4.69) is 10.3 Å². The highest BCUT2D eigenvalue weighted by atomic mass is 32.2. The number of urea groups is 1. The molecular weight excluding hydrogens is 354 g/mol. The molecule has 1 aromatic heterocycles. The van der Waals surface area contributed by atoms with Gasteiger partial charge in [-0.1, -0.05) is 36.4 Å². The van der Waals surface area contributed by atoms with Crippen LogP contribution in [0.4, 0.5) is 10.5 Å². The predicted molar refractivity (Wildman–Crippen MR) is 94.5 cm³/mol. The highest BCUT2D eigenvalue weighted by Gasteiger charge is 2.21. The highest BCUT2D eigenvalue weighted by molar-refractivity contribution is 7.91. The number of hydrogen-bond acceptors (Lipinski definition) is 4. The Morgan fingerprint density at radius 2 is 1.58 bits per heavy atom. The lowest BCUT2D eigenvalue weighted by atomic mass is 10.3. The number of carbonyl (C=O) groups is 1. The molecule has 0 aliphatic carbocycles. The van der Waals surface area contributed by atoms with Crippen LogP contribution in [0.3, 0.4) is 0 Å². The van der Waals surface area contributed by atoms with Crippen molar-refractivity contribution in [2.75, 3.05) is 5.32 Å². The number of hydrogen-bond donors (Lipinski definition) is 2. The molecule has 2 aromatic carbocycles. The SMILES string of the molecule is O=C(/N=c1\ccn(O)c(S(=O)(=O)c2ccccc2)c1)Nc1ccccc1. The van der Waals surface area contributed by atoms with Gasteiger partial charge in [-0.05, 0) is 30.3 Å². The van der Waals surface area contributed by atoms with Crippen molar-refractivity contribution in [3.63, 3.8) is 0 Å². The fourth-order valence-electron chi connectivity index (χ4n) is 2.24. The molecule has 3 aromatic rings. The minimum Gasteiger partial charge on any atom is -0.428 e. The van der Waals surface area contributed by atoms with E-state index in [9.17, 15) is 18.4 Å².